The molecular formula is C11H24N2O3. The van der Waals surface area contributed by atoms with Gasteiger partial charge in [-0.2, -0.15) is 0 Å². The molecular weight excluding hydrogens is 208 g/mol. The lowest BCUT2D eigenvalue weighted by Crippen LogP contribution is -2.48. The predicted octanol–water partition coefficient (Wildman–Crippen LogP) is 0.728. The first kappa shape index (κ1) is 15.2. The second-order valence-corrected chi connectivity index (χ2v) is 4.74. The van der Waals surface area contributed by atoms with Crippen LogP contribution in [0.3, 0.4) is 0 Å². The van der Waals surface area contributed by atoms with E-state index < -0.39 is 0 Å². The second-order valence-electron chi connectivity index (χ2n) is 4.74. The maximum absolute atomic E-state index is 11.5. The number of ether oxygens (including phenoxy) is 1. The van der Waals surface area contributed by atoms with Gasteiger partial charge in [-0.15, -0.1) is 0 Å². The van der Waals surface area contributed by atoms with Crippen LogP contribution < -0.4 is 10.6 Å². The topological polar surface area (TPSA) is 70.6 Å². The molecule has 0 rings (SSSR count). The summed E-state index contributed by atoms with van der Waals surface area (Å²) in [5, 5.41) is 14.4. The standard InChI is InChI=1S/C11H24N2O3/c1-8(6-14)9(2)13-10(15)12-7-11(3,4)16-5/h8-9,14H,6-7H2,1-5H3,(H2,12,13,15). The average Bonchev–Trinajstić information content (AvgIpc) is 2.25. The Bertz CT molecular complexity index is 219. The third-order valence-electron chi connectivity index (χ3n) is 2.73. The number of carbonyl (C=O) groups is 1. The van der Waals surface area contributed by atoms with E-state index in [0.29, 0.717) is 6.54 Å². The van der Waals surface area contributed by atoms with Crippen LogP contribution >= 0.6 is 0 Å². The Morgan fingerprint density at radius 3 is 2.44 bits per heavy atom. The first-order valence-electron chi connectivity index (χ1n) is 5.52. The molecule has 2 atom stereocenters. The van der Waals surface area contributed by atoms with Crippen molar-refractivity contribution in [2.45, 2.75) is 39.3 Å². The largest absolute Gasteiger partial charge is 0.396 e. The Kier molecular flexibility index (Phi) is 6.36. The molecule has 96 valence electrons. The molecule has 0 aliphatic heterocycles. The number of nitrogens with one attached hydrogen (secondary N) is 2. The van der Waals surface area contributed by atoms with Gasteiger partial charge < -0.3 is 20.5 Å². The van der Waals surface area contributed by atoms with Crippen LogP contribution in [0, 0.1) is 5.92 Å². The summed E-state index contributed by atoms with van der Waals surface area (Å²) >= 11 is 0. The van der Waals surface area contributed by atoms with Crippen LogP contribution in [0.15, 0.2) is 0 Å². The molecule has 0 bridgehead atoms. The average molecular weight is 232 g/mol. The van der Waals surface area contributed by atoms with E-state index in [9.17, 15) is 4.79 Å². The van der Waals surface area contributed by atoms with Gasteiger partial charge in [-0.3, -0.25) is 0 Å². The van der Waals surface area contributed by atoms with E-state index in [-0.39, 0.29) is 30.2 Å². The van der Waals surface area contributed by atoms with Crippen molar-refractivity contribution in [2.24, 2.45) is 5.92 Å². The molecule has 0 aromatic heterocycles. The van der Waals surface area contributed by atoms with E-state index in [2.05, 4.69) is 10.6 Å². The predicted molar refractivity (Wildman–Crippen MR) is 63.3 cm³/mol. The lowest BCUT2D eigenvalue weighted by Gasteiger charge is -2.25. The second kappa shape index (κ2) is 6.70. The van der Waals surface area contributed by atoms with Gasteiger partial charge >= 0.3 is 6.03 Å². The first-order chi connectivity index (χ1) is 7.32. The van der Waals surface area contributed by atoms with Crippen molar-refractivity contribution in [1.29, 1.82) is 0 Å². The molecule has 0 spiro atoms. The van der Waals surface area contributed by atoms with Gasteiger partial charge in [-0.25, -0.2) is 4.79 Å². The number of rotatable bonds is 6. The number of amides is 2. The highest BCUT2D eigenvalue weighted by Crippen LogP contribution is 2.05. The summed E-state index contributed by atoms with van der Waals surface area (Å²) in [5.74, 6) is 0.0428. The molecule has 0 radical (unpaired) electrons. The summed E-state index contributed by atoms with van der Waals surface area (Å²) < 4.78 is 5.18. The van der Waals surface area contributed by atoms with E-state index in [4.69, 9.17) is 9.84 Å². The first-order valence-corrected chi connectivity index (χ1v) is 5.52. The fourth-order valence-corrected chi connectivity index (χ4v) is 0.923. The maximum Gasteiger partial charge on any atom is 0.315 e. The van der Waals surface area contributed by atoms with E-state index in [1.165, 1.54) is 0 Å². The fourth-order valence-electron chi connectivity index (χ4n) is 0.923. The van der Waals surface area contributed by atoms with Gasteiger partial charge in [0, 0.05) is 26.3 Å². The van der Waals surface area contributed by atoms with Crippen LogP contribution in [0.1, 0.15) is 27.7 Å². The van der Waals surface area contributed by atoms with Crippen LogP contribution in [0.25, 0.3) is 0 Å². The molecule has 0 aliphatic carbocycles. The summed E-state index contributed by atoms with van der Waals surface area (Å²) in [6, 6.07) is -0.298. The van der Waals surface area contributed by atoms with Gasteiger partial charge in [-0.05, 0) is 26.7 Å². The smallest absolute Gasteiger partial charge is 0.315 e. The number of aliphatic hydroxyl groups is 1. The van der Waals surface area contributed by atoms with E-state index in [1.54, 1.807) is 7.11 Å². The number of urea groups is 1. The van der Waals surface area contributed by atoms with Gasteiger partial charge in [0.15, 0.2) is 0 Å². The van der Waals surface area contributed by atoms with Crippen LogP contribution in [-0.2, 0) is 4.74 Å². The van der Waals surface area contributed by atoms with Gasteiger partial charge in [0.2, 0.25) is 0 Å². The highest BCUT2D eigenvalue weighted by atomic mass is 16.5. The van der Waals surface area contributed by atoms with Crippen molar-refractivity contribution in [3.05, 3.63) is 0 Å². The Hall–Kier alpha value is -0.810. The third kappa shape index (κ3) is 5.92. The molecule has 5 nitrogen and oxygen atoms in total. The minimum atomic E-state index is -0.372. The quantitative estimate of drug-likeness (QED) is 0.632. The molecule has 0 saturated carbocycles. The zero-order valence-corrected chi connectivity index (χ0v) is 10.8. The Morgan fingerprint density at radius 1 is 1.44 bits per heavy atom. The number of carbonyl (C=O) groups excluding carboxylic acids is 1. The van der Waals surface area contributed by atoms with Crippen LogP contribution in [0.4, 0.5) is 4.79 Å². The van der Waals surface area contributed by atoms with Crippen molar-refractivity contribution in [2.75, 3.05) is 20.3 Å². The lowest BCUT2D eigenvalue weighted by molar-refractivity contribution is 0.0252. The van der Waals surface area contributed by atoms with E-state index >= 15 is 0 Å². The lowest BCUT2D eigenvalue weighted by atomic mass is 10.1. The molecule has 0 aromatic rings. The zero-order valence-electron chi connectivity index (χ0n) is 10.8. The van der Waals surface area contributed by atoms with Gasteiger partial charge in [-0.1, -0.05) is 6.92 Å². The van der Waals surface area contributed by atoms with Crippen LogP contribution in [0.5, 0.6) is 0 Å². The summed E-state index contributed by atoms with van der Waals surface area (Å²) in [6.45, 7) is 8.03. The van der Waals surface area contributed by atoms with Crippen molar-refractivity contribution in [3.8, 4) is 0 Å². The van der Waals surface area contributed by atoms with Gasteiger partial charge in [0.25, 0.3) is 0 Å². The van der Waals surface area contributed by atoms with Crippen molar-refractivity contribution >= 4 is 6.03 Å². The van der Waals surface area contributed by atoms with Crippen LogP contribution in [-0.4, -0.2) is 43.0 Å². The Balaban J connectivity index is 3.91. The van der Waals surface area contributed by atoms with Gasteiger partial charge in [0.05, 0.1) is 5.60 Å². The molecule has 16 heavy (non-hydrogen) atoms. The van der Waals surface area contributed by atoms with Gasteiger partial charge in [0.1, 0.15) is 0 Å². The molecule has 0 aromatic carbocycles. The normalized spacial score (nSPS) is 15.4. The van der Waals surface area contributed by atoms with Crippen molar-refractivity contribution in [1.82, 2.24) is 10.6 Å². The SMILES string of the molecule is COC(C)(C)CNC(=O)NC(C)C(C)CO. The van der Waals surface area contributed by atoms with Crippen molar-refractivity contribution < 1.29 is 14.6 Å². The highest BCUT2D eigenvalue weighted by molar-refractivity contribution is 5.74. The molecule has 2 unspecified atom stereocenters. The van der Waals surface area contributed by atoms with E-state index in [1.807, 2.05) is 27.7 Å². The minimum Gasteiger partial charge on any atom is -0.396 e. The maximum atomic E-state index is 11.5. The molecule has 3 N–H and O–H groups in total. The minimum absolute atomic E-state index is 0.0428. The summed E-state index contributed by atoms with van der Waals surface area (Å²) in [4.78, 5) is 11.5. The summed E-state index contributed by atoms with van der Waals surface area (Å²) in [5.41, 5.74) is -0.372. The third-order valence-corrected chi connectivity index (χ3v) is 2.73. The number of methoxy groups -OCH3 is 1. The number of aliphatic hydroxyl groups excluding tert-OH is 1. The highest BCUT2D eigenvalue weighted by Gasteiger charge is 2.19. The fraction of sp³-hybridized carbons (Fsp3) is 0.909. The summed E-state index contributed by atoms with van der Waals surface area (Å²) in [6.07, 6.45) is 0. The zero-order chi connectivity index (χ0) is 12.8. The number of hydrogen-bond donors (Lipinski definition) is 3. The van der Waals surface area contributed by atoms with Crippen molar-refractivity contribution in [3.63, 3.8) is 0 Å². The Morgan fingerprint density at radius 2 is 2.00 bits per heavy atom. The molecule has 0 saturated heterocycles. The molecule has 2 amide bonds. The molecule has 0 fully saturated rings. The molecule has 0 heterocycles. The number of hydrogen-bond acceptors (Lipinski definition) is 3. The molecule has 0 aliphatic rings. The summed E-state index contributed by atoms with van der Waals surface area (Å²) in [7, 11) is 1.61. The monoisotopic (exact) mass is 232 g/mol. The van der Waals surface area contributed by atoms with Crippen LogP contribution in [0.2, 0.25) is 0 Å². The molecule has 5 heteroatoms. The Labute approximate surface area is 97.6 Å². The van der Waals surface area contributed by atoms with E-state index in [0.717, 1.165) is 0 Å².